The first kappa shape index (κ1) is 15.5. The standard InChI is InChI=1S/C22H30O/c1-5-22(23)11-9-19-20-15(3)13-16-12-14(2)6-7-17(16)18(20)8-10-21(19,22)4/h1,15,18-20,23H,2,6-13H2,3-4H3/t15-,18-,19+,20-,21+,22+/m1/s1. The average molecular weight is 310 g/mol. The molecule has 1 heteroatoms. The third kappa shape index (κ3) is 1.97. The molecule has 4 aliphatic carbocycles. The zero-order chi connectivity index (χ0) is 16.4. The summed E-state index contributed by atoms with van der Waals surface area (Å²) in [6.45, 7) is 8.96. The van der Waals surface area contributed by atoms with Gasteiger partial charge in [-0.15, -0.1) is 6.42 Å². The van der Waals surface area contributed by atoms with Crippen molar-refractivity contribution >= 4 is 0 Å². The van der Waals surface area contributed by atoms with Crippen LogP contribution in [0.25, 0.3) is 0 Å². The quantitative estimate of drug-likeness (QED) is 0.500. The SMILES string of the molecule is C#C[C@]1(O)CC[C@H]2[C@@H]3[C@H](C)CC4=C(CCC(=C)C4)[C@H]3CC[C@@]21C. The van der Waals surface area contributed by atoms with E-state index >= 15 is 0 Å². The van der Waals surface area contributed by atoms with Crippen LogP contribution in [0, 0.1) is 41.4 Å². The molecule has 1 nitrogen and oxygen atoms in total. The number of terminal acetylenes is 1. The van der Waals surface area contributed by atoms with Crippen LogP contribution in [0.5, 0.6) is 0 Å². The maximum absolute atomic E-state index is 11.0. The van der Waals surface area contributed by atoms with Crippen LogP contribution in [0.1, 0.15) is 65.2 Å². The van der Waals surface area contributed by atoms with Crippen molar-refractivity contribution in [3.63, 3.8) is 0 Å². The molecule has 0 spiro atoms. The van der Waals surface area contributed by atoms with Gasteiger partial charge >= 0.3 is 0 Å². The van der Waals surface area contributed by atoms with Gasteiger partial charge in [0.2, 0.25) is 0 Å². The number of aliphatic hydroxyl groups is 1. The van der Waals surface area contributed by atoms with Gasteiger partial charge in [0, 0.05) is 5.41 Å². The maximum Gasteiger partial charge on any atom is 0.130 e. The van der Waals surface area contributed by atoms with E-state index in [-0.39, 0.29) is 5.41 Å². The molecule has 0 unspecified atom stereocenters. The second-order valence-corrected chi connectivity index (χ2v) is 9.03. The summed E-state index contributed by atoms with van der Waals surface area (Å²) in [7, 11) is 0. The number of allylic oxidation sites excluding steroid dienone is 3. The van der Waals surface area contributed by atoms with E-state index in [0.29, 0.717) is 5.92 Å². The molecule has 0 saturated heterocycles. The first-order valence-electron chi connectivity index (χ1n) is 9.47. The van der Waals surface area contributed by atoms with Crippen molar-refractivity contribution in [1.82, 2.24) is 0 Å². The summed E-state index contributed by atoms with van der Waals surface area (Å²) >= 11 is 0. The lowest BCUT2D eigenvalue weighted by molar-refractivity contribution is -0.0805. The van der Waals surface area contributed by atoms with Crippen LogP contribution in [0.15, 0.2) is 23.3 Å². The zero-order valence-electron chi connectivity index (χ0n) is 14.7. The fraction of sp³-hybridized carbons (Fsp3) is 0.727. The molecule has 124 valence electrons. The molecule has 2 fully saturated rings. The molecule has 23 heavy (non-hydrogen) atoms. The summed E-state index contributed by atoms with van der Waals surface area (Å²) in [5, 5.41) is 11.0. The van der Waals surface area contributed by atoms with Crippen molar-refractivity contribution < 1.29 is 5.11 Å². The summed E-state index contributed by atoms with van der Waals surface area (Å²) in [5.74, 6) is 5.57. The van der Waals surface area contributed by atoms with E-state index in [1.807, 2.05) is 0 Å². The lowest BCUT2D eigenvalue weighted by Crippen LogP contribution is -2.52. The summed E-state index contributed by atoms with van der Waals surface area (Å²) in [6, 6.07) is 0. The van der Waals surface area contributed by atoms with E-state index in [9.17, 15) is 5.11 Å². The molecule has 0 aromatic heterocycles. The third-order valence-electron chi connectivity index (χ3n) is 8.06. The Labute approximate surface area is 141 Å². The van der Waals surface area contributed by atoms with E-state index in [2.05, 4.69) is 26.3 Å². The van der Waals surface area contributed by atoms with Gasteiger partial charge in [-0.05, 0) is 75.0 Å². The molecule has 0 aromatic carbocycles. The number of rotatable bonds is 0. The summed E-state index contributed by atoms with van der Waals surface area (Å²) < 4.78 is 0. The van der Waals surface area contributed by atoms with Crippen molar-refractivity contribution in [2.24, 2.45) is 29.1 Å². The highest BCUT2D eigenvalue weighted by molar-refractivity contribution is 5.33. The number of fused-ring (bicyclic) bond motifs is 4. The average Bonchev–Trinajstić information content (AvgIpc) is 2.79. The Balaban J connectivity index is 1.72. The van der Waals surface area contributed by atoms with Gasteiger partial charge in [-0.1, -0.05) is 43.1 Å². The van der Waals surface area contributed by atoms with Crippen LogP contribution in [0.4, 0.5) is 0 Å². The van der Waals surface area contributed by atoms with Gasteiger partial charge in [-0.2, -0.15) is 0 Å². The minimum Gasteiger partial charge on any atom is -0.377 e. The monoisotopic (exact) mass is 310 g/mol. The Kier molecular flexibility index (Phi) is 3.37. The predicted octanol–water partition coefficient (Wildman–Crippen LogP) is 4.87. The molecule has 0 aliphatic heterocycles. The molecule has 0 radical (unpaired) electrons. The van der Waals surface area contributed by atoms with Gasteiger partial charge in [0.05, 0.1) is 0 Å². The second kappa shape index (κ2) is 5.00. The van der Waals surface area contributed by atoms with Gasteiger partial charge in [-0.3, -0.25) is 0 Å². The van der Waals surface area contributed by atoms with E-state index in [4.69, 9.17) is 6.42 Å². The molecule has 0 bridgehead atoms. The van der Waals surface area contributed by atoms with Gasteiger partial charge in [0.1, 0.15) is 5.60 Å². The van der Waals surface area contributed by atoms with Crippen molar-refractivity contribution in [2.75, 3.05) is 0 Å². The second-order valence-electron chi connectivity index (χ2n) is 9.03. The molecular formula is C22H30O. The summed E-state index contributed by atoms with van der Waals surface area (Å²) in [5.41, 5.74) is 3.96. The van der Waals surface area contributed by atoms with Crippen molar-refractivity contribution in [2.45, 2.75) is 70.8 Å². The maximum atomic E-state index is 11.0. The van der Waals surface area contributed by atoms with Crippen LogP contribution in [0.3, 0.4) is 0 Å². The highest BCUT2D eigenvalue weighted by Crippen LogP contribution is 2.65. The highest BCUT2D eigenvalue weighted by Gasteiger charge is 2.62. The smallest absolute Gasteiger partial charge is 0.130 e. The van der Waals surface area contributed by atoms with Crippen LogP contribution in [0.2, 0.25) is 0 Å². The lowest BCUT2D eigenvalue weighted by Gasteiger charge is -2.55. The van der Waals surface area contributed by atoms with E-state index < -0.39 is 5.60 Å². The number of hydrogen-bond acceptors (Lipinski definition) is 1. The molecular weight excluding hydrogens is 280 g/mol. The van der Waals surface area contributed by atoms with Crippen molar-refractivity contribution in [3.05, 3.63) is 23.3 Å². The molecule has 4 rings (SSSR count). The van der Waals surface area contributed by atoms with Crippen LogP contribution < -0.4 is 0 Å². The van der Waals surface area contributed by atoms with Gasteiger partial charge in [-0.25, -0.2) is 0 Å². The first-order chi connectivity index (χ1) is 10.9. The molecule has 4 aliphatic rings. The minimum absolute atomic E-state index is 0.0759. The Hall–Kier alpha value is -1.00. The fourth-order valence-electron chi connectivity index (χ4n) is 6.82. The van der Waals surface area contributed by atoms with E-state index in [0.717, 1.165) is 43.4 Å². The normalized spacial score (nSPS) is 49.2. The Morgan fingerprint density at radius 2 is 2.04 bits per heavy atom. The topological polar surface area (TPSA) is 20.2 Å². The molecule has 0 amide bonds. The third-order valence-corrected chi connectivity index (χ3v) is 8.06. The lowest BCUT2D eigenvalue weighted by atomic mass is 9.50. The van der Waals surface area contributed by atoms with E-state index in [1.165, 1.54) is 31.3 Å². The van der Waals surface area contributed by atoms with Crippen LogP contribution >= 0.6 is 0 Å². The fourth-order valence-corrected chi connectivity index (χ4v) is 6.82. The molecule has 2 saturated carbocycles. The van der Waals surface area contributed by atoms with Crippen molar-refractivity contribution in [3.8, 4) is 12.3 Å². The van der Waals surface area contributed by atoms with Gasteiger partial charge < -0.3 is 5.11 Å². The van der Waals surface area contributed by atoms with Gasteiger partial charge in [0.25, 0.3) is 0 Å². The molecule has 1 N–H and O–H groups in total. The minimum atomic E-state index is -0.877. The highest BCUT2D eigenvalue weighted by atomic mass is 16.3. The van der Waals surface area contributed by atoms with Crippen LogP contribution in [-0.2, 0) is 0 Å². The Morgan fingerprint density at radius 1 is 1.26 bits per heavy atom. The predicted molar refractivity (Wildman–Crippen MR) is 94.6 cm³/mol. The zero-order valence-corrected chi connectivity index (χ0v) is 14.7. The Morgan fingerprint density at radius 3 is 2.78 bits per heavy atom. The van der Waals surface area contributed by atoms with Crippen molar-refractivity contribution in [1.29, 1.82) is 0 Å². The number of hydrogen-bond donors (Lipinski definition) is 1. The summed E-state index contributed by atoms with van der Waals surface area (Å²) in [6.07, 6.45) is 14.8. The first-order valence-corrected chi connectivity index (χ1v) is 9.47. The largest absolute Gasteiger partial charge is 0.377 e. The van der Waals surface area contributed by atoms with E-state index in [1.54, 1.807) is 11.1 Å². The summed E-state index contributed by atoms with van der Waals surface area (Å²) in [4.78, 5) is 0. The molecule has 0 aromatic rings. The molecule has 6 atom stereocenters. The molecule has 0 heterocycles. The van der Waals surface area contributed by atoms with Crippen LogP contribution in [-0.4, -0.2) is 10.7 Å². The van der Waals surface area contributed by atoms with Gasteiger partial charge in [0.15, 0.2) is 0 Å². The Bertz CT molecular complexity index is 620.